The second kappa shape index (κ2) is 14.8. The Balaban J connectivity index is 1.71. The maximum absolute atomic E-state index is 14.9. The quantitative estimate of drug-likeness (QED) is 0.152. The zero-order valence-corrected chi connectivity index (χ0v) is 30.7. The molecule has 8 atom stereocenters. The monoisotopic (exact) mass is 729 g/mol. The van der Waals surface area contributed by atoms with Gasteiger partial charge in [-0.15, -0.1) is 13.2 Å². The van der Waals surface area contributed by atoms with E-state index in [1.807, 2.05) is 44.2 Å². The third-order valence-corrected chi connectivity index (χ3v) is 10.6. The van der Waals surface area contributed by atoms with Crippen molar-refractivity contribution in [3.05, 3.63) is 61.2 Å². The number of amides is 3. The number of rotatable bonds is 15. The van der Waals surface area contributed by atoms with E-state index in [1.165, 1.54) is 4.90 Å². The fraction of sp³-hybridized carbons (Fsp3) is 0.622. The Morgan fingerprint density at radius 3 is 2.44 bits per heavy atom. The summed E-state index contributed by atoms with van der Waals surface area (Å²) in [6.07, 6.45) is 3.57. The number of esters is 1. The van der Waals surface area contributed by atoms with Crippen LogP contribution in [-0.4, -0.2) is 92.4 Å². The van der Waals surface area contributed by atoms with Crippen LogP contribution in [0.5, 0.6) is 0 Å². The van der Waals surface area contributed by atoms with Crippen LogP contribution in [-0.2, 0) is 28.7 Å². The highest BCUT2D eigenvalue weighted by atomic mass is 79.9. The van der Waals surface area contributed by atoms with Gasteiger partial charge in [0.15, 0.2) is 0 Å². The number of aliphatic hydroxyl groups excluding tert-OH is 1. The first-order valence-electron chi connectivity index (χ1n) is 16.8. The standard InChI is InChI=1S/C37H52BrN3O7/c1-9-11-17-27(43)39-20-26(24-15-13-12-14-16-24)47-34(46)28-29-32(44)41(23(3)21-42)31(37(29)19-25(38)30(28)48-37)33(45)40(18-10-2)36(7,8)22-35(4,5)6/h9-10,12-16,23,25-26,28-31,42H,1-2,11,17-22H2,3-8H3,(H,39,43)/t23-,25?,26+,28+,29-,30+,31+,37-/m1/s1. The highest BCUT2D eigenvalue weighted by molar-refractivity contribution is 9.09. The van der Waals surface area contributed by atoms with Crippen LogP contribution >= 0.6 is 15.9 Å². The summed E-state index contributed by atoms with van der Waals surface area (Å²) in [6, 6.07) is 7.33. The smallest absolute Gasteiger partial charge is 0.313 e. The van der Waals surface area contributed by atoms with Gasteiger partial charge in [-0.05, 0) is 51.0 Å². The molecule has 1 unspecified atom stereocenters. The summed E-state index contributed by atoms with van der Waals surface area (Å²) < 4.78 is 12.8. The minimum absolute atomic E-state index is 0.0413. The number of halogens is 1. The molecule has 4 rings (SSSR count). The molecule has 3 heterocycles. The summed E-state index contributed by atoms with van der Waals surface area (Å²) in [6.45, 7) is 19.5. The zero-order chi connectivity index (χ0) is 35.6. The molecule has 0 aliphatic carbocycles. The van der Waals surface area contributed by atoms with Crippen LogP contribution in [0.2, 0.25) is 0 Å². The van der Waals surface area contributed by atoms with Crippen molar-refractivity contribution in [2.75, 3.05) is 19.7 Å². The van der Waals surface area contributed by atoms with E-state index in [1.54, 1.807) is 24.0 Å². The Labute approximate surface area is 293 Å². The number of allylic oxidation sites excluding steroid dienone is 1. The fourth-order valence-corrected chi connectivity index (χ4v) is 9.07. The number of alkyl halides is 1. The number of fused-ring (bicyclic) bond motifs is 1. The van der Waals surface area contributed by atoms with Crippen LogP contribution in [0, 0.1) is 17.3 Å². The minimum atomic E-state index is -1.32. The van der Waals surface area contributed by atoms with Crippen molar-refractivity contribution in [1.82, 2.24) is 15.1 Å². The Kier molecular flexibility index (Phi) is 11.7. The number of carbonyl (C=O) groups is 4. The molecule has 0 radical (unpaired) electrons. The molecular formula is C37H52BrN3O7. The third kappa shape index (κ3) is 7.43. The number of hydrogen-bond acceptors (Lipinski definition) is 7. The molecule has 3 aliphatic heterocycles. The molecule has 11 heteroatoms. The zero-order valence-electron chi connectivity index (χ0n) is 29.1. The lowest BCUT2D eigenvalue weighted by molar-refractivity contribution is -0.161. The van der Waals surface area contributed by atoms with Crippen LogP contribution in [0.3, 0.4) is 0 Å². The van der Waals surface area contributed by atoms with E-state index in [9.17, 15) is 24.3 Å². The normalized spacial score (nSPS) is 27.6. The molecule has 264 valence electrons. The maximum atomic E-state index is 14.9. The van der Waals surface area contributed by atoms with Gasteiger partial charge in [-0.2, -0.15) is 0 Å². The van der Waals surface area contributed by atoms with Crippen LogP contribution in [0.1, 0.15) is 78.9 Å². The van der Waals surface area contributed by atoms with Gasteiger partial charge in [0, 0.05) is 23.3 Å². The highest BCUT2D eigenvalue weighted by Crippen LogP contribution is 2.61. The van der Waals surface area contributed by atoms with Crippen molar-refractivity contribution in [3.8, 4) is 0 Å². The molecule has 3 aliphatic rings. The molecule has 3 amide bonds. The molecule has 2 bridgehead atoms. The number of hydrogen-bond donors (Lipinski definition) is 2. The molecule has 10 nitrogen and oxygen atoms in total. The summed E-state index contributed by atoms with van der Waals surface area (Å²) in [7, 11) is 0. The van der Waals surface area contributed by atoms with E-state index in [0.29, 0.717) is 24.8 Å². The van der Waals surface area contributed by atoms with E-state index in [2.05, 4.69) is 55.2 Å². The lowest BCUT2D eigenvalue weighted by atomic mass is 9.70. The molecule has 1 aromatic rings. The molecule has 0 saturated carbocycles. The first-order chi connectivity index (χ1) is 22.5. The second-order valence-corrected chi connectivity index (χ2v) is 16.4. The predicted molar refractivity (Wildman–Crippen MR) is 187 cm³/mol. The minimum Gasteiger partial charge on any atom is -0.455 e. The van der Waals surface area contributed by atoms with Gasteiger partial charge in [0.25, 0.3) is 0 Å². The number of nitrogens with zero attached hydrogens (tertiary/aromatic N) is 2. The average molecular weight is 731 g/mol. The van der Waals surface area contributed by atoms with Gasteiger partial charge in [0.05, 0.1) is 37.1 Å². The SMILES string of the molecule is C=CCCC(=O)NC[C@H](OC(=O)[C@@H]1[C@H]2O[C@@]3(CC2Br)[C@H](C(=O)N(CC=C)C(C)(C)CC(C)(C)C)N([C@H](C)CO)C(=O)[C@@H]13)c1ccccc1. The Morgan fingerprint density at radius 1 is 1.19 bits per heavy atom. The van der Waals surface area contributed by atoms with E-state index < -0.39 is 59.1 Å². The Hall–Kier alpha value is -3.02. The summed E-state index contributed by atoms with van der Waals surface area (Å²) in [4.78, 5) is 59.0. The first kappa shape index (κ1) is 37.8. The molecule has 1 aromatic carbocycles. The summed E-state index contributed by atoms with van der Waals surface area (Å²) in [5.41, 5.74) is -1.35. The van der Waals surface area contributed by atoms with Gasteiger partial charge in [0.1, 0.15) is 17.7 Å². The molecule has 3 saturated heterocycles. The number of aliphatic hydroxyl groups is 1. The average Bonchev–Trinajstić information content (AvgIpc) is 3.62. The van der Waals surface area contributed by atoms with Crippen molar-refractivity contribution in [1.29, 1.82) is 0 Å². The van der Waals surface area contributed by atoms with Crippen molar-refractivity contribution in [2.45, 2.75) is 107 Å². The molecule has 0 aromatic heterocycles. The largest absolute Gasteiger partial charge is 0.455 e. The van der Waals surface area contributed by atoms with E-state index in [4.69, 9.17) is 9.47 Å². The number of nitrogens with one attached hydrogen (secondary N) is 1. The van der Waals surface area contributed by atoms with Crippen molar-refractivity contribution >= 4 is 39.6 Å². The summed E-state index contributed by atoms with van der Waals surface area (Å²) >= 11 is 3.72. The number of carbonyl (C=O) groups excluding carboxylic acids is 4. The fourth-order valence-electron chi connectivity index (χ4n) is 8.13. The van der Waals surface area contributed by atoms with E-state index >= 15 is 0 Å². The predicted octanol–water partition coefficient (Wildman–Crippen LogP) is 4.71. The van der Waals surface area contributed by atoms with Gasteiger partial charge in [-0.25, -0.2) is 0 Å². The van der Waals surface area contributed by atoms with Gasteiger partial charge in [-0.1, -0.05) is 79.2 Å². The highest BCUT2D eigenvalue weighted by Gasteiger charge is 2.77. The van der Waals surface area contributed by atoms with E-state index in [-0.39, 0.29) is 48.2 Å². The number of likely N-dealkylation sites (tertiary alicyclic amines) is 1. The number of ether oxygens (including phenoxy) is 2. The second-order valence-electron chi connectivity index (χ2n) is 15.2. The molecule has 3 fully saturated rings. The van der Waals surface area contributed by atoms with Gasteiger partial charge < -0.3 is 29.7 Å². The van der Waals surface area contributed by atoms with E-state index in [0.717, 1.165) is 0 Å². The molecule has 1 spiro atoms. The summed E-state index contributed by atoms with van der Waals surface area (Å²) in [5.74, 6) is -3.58. The lowest BCUT2D eigenvalue weighted by Crippen LogP contribution is -2.62. The topological polar surface area (TPSA) is 125 Å². The molecular weight excluding hydrogens is 678 g/mol. The van der Waals surface area contributed by atoms with Gasteiger partial charge >= 0.3 is 5.97 Å². The van der Waals surface area contributed by atoms with Crippen LogP contribution in [0.15, 0.2) is 55.6 Å². The van der Waals surface area contributed by atoms with Crippen LogP contribution in [0.25, 0.3) is 0 Å². The lowest BCUT2D eigenvalue weighted by Gasteiger charge is -2.46. The molecule has 48 heavy (non-hydrogen) atoms. The van der Waals surface area contributed by atoms with Gasteiger partial charge in [-0.3, -0.25) is 19.2 Å². The molecule has 2 N–H and O–H groups in total. The van der Waals surface area contributed by atoms with Crippen LogP contribution in [0.4, 0.5) is 0 Å². The Bertz CT molecular complexity index is 1380. The first-order valence-corrected chi connectivity index (χ1v) is 17.7. The summed E-state index contributed by atoms with van der Waals surface area (Å²) in [5, 5.41) is 13.2. The van der Waals surface area contributed by atoms with Crippen molar-refractivity contribution in [2.24, 2.45) is 17.3 Å². The number of benzene rings is 1. The Morgan fingerprint density at radius 2 is 1.85 bits per heavy atom. The third-order valence-electron chi connectivity index (χ3n) is 9.73. The van der Waals surface area contributed by atoms with Crippen molar-refractivity contribution < 1.29 is 33.8 Å². The van der Waals surface area contributed by atoms with Crippen LogP contribution < -0.4 is 5.32 Å². The van der Waals surface area contributed by atoms with Crippen molar-refractivity contribution in [3.63, 3.8) is 0 Å². The van der Waals surface area contributed by atoms with Gasteiger partial charge in [0.2, 0.25) is 17.7 Å². The maximum Gasteiger partial charge on any atom is 0.313 e.